The van der Waals surface area contributed by atoms with Gasteiger partial charge in [0.05, 0.1) is 5.69 Å². The van der Waals surface area contributed by atoms with Crippen LogP contribution in [0.2, 0.25) is 0 Å². The van der Waals surface area contributed by atoms with Gasteiger partial charge in [-0.3, -0.25) is 9.99 Å². The van der Waals surface area contributed by atoms with Crippen LogP contribution in [0.1, 0.15) is 24.0 Å². The van der Waals surface area contributed by atoms with Gasteiger partial charge in [-0.2, -0.15) is 0 Å². The second-order valence-corrected chi connectivity index (χ2v) is 6.85. The van der Waals surface area contributed by atoms with E-state index in [4.69, 9.17) is 16.7 Å². The van der Waals surface area contributed by atoms with Gasteiger partial charge in [-0.1, -0.05) is 30.4 Å². The zero-order valence-corrected chi connectivity index (χ0v) is 16.8. The van der Waals surface area contributed by atoms with Crippen molar-refractivity contribution in [3.8, 4) is 0 Å². The third-order valence-corrected chi connectivity index (χ3v) is 4.45. The molecule has 3 rings (SSSR count). The van der Waals surface area contributed by atoms with Gasteiger partial charge in [0.15, 0.2) is 0 Å². The monoisotopic (exact) mass is 401 g/mol. The number of nitrogens with zero attached hydrogens (tertiary/aromatic N) is 2. The molecule has 0 amide bonds. The fourth-order valence-corrected chi connectivity index (χ4v) is 2.86. The Morgan fingerprint density at radius 2 is 1.67 bits per heavy atom. The molecule has 0 unspecified atom stereocenters. The molecule has 0 radical (unpaired) electrons. The number of benzene rings is 2. The van der Waals surface area contributed by atoms with Crippen molar-refractivity contribution in [1.82, 2.24) is 4.98 Å². The van der Waals surface area contributed by atoms with Crippen LogP contribution in [0.3, 0.4) is 0 Å². The predicted octanol–water partition coefficient (Wildman–Crippen LogP) is 4.25. The number of rotatable bonds is 9. The fraction of sp³-hybridized carbons (Fsp3) is 0.125. The minimum Gasteiger partial charge on any atom is -0.401 e. The molecule has 0 saturated heterocycles. The van der Waals surface area contributed by atoms with Crippen molar-refractivity contribution in [2.75, 3.05) is 16.9 Å². The molecule has 0 saturated carbocycles. The molecule has 6 N–H and O–H groups in total. The first-order chi connectivity index (χ1) is 14.6. The summed E-state index contributed by atoms with van der Waals surface area (Å²) in [6.07, 6.45) is 10.6. The van der Waals surface area contributed by atoms with Gasteiger partial charge in [0, 0.05) is 42.3 Å². The van der Waals surface area contributed by atoms with Crippen molar-refractivity contribution < 1.29 is 5.11 Å². The zero-order chi connectivity index (χ0) is 21.2. The minimum atomic E-state index is 0.108. The van der Waals surface area contributed by atoms with Crippen LogP contribution in [0.25, 0.3) is 12.2 Å². The lowest BCUT2D eigenvalue weighted by atomic mass is 10.1. The van der Waals surface area contributed by atoms with Gasteiger partial charge in [-0.05, 0) is 66.4 Å². The number of hydrazine groups is 1. The lowest BCUT2D eigenvalue weighted by Gasteiger charge is -2.17. The minimum absolute atomic E-state index is 0.108. The summed E-state index contributed by atoms with van der Waals surface area (Å²) in [5, 5.41) is 13.8. The summed E-state index contributed by atoms with van der Waals surface area (Å²) < 4.78 is 0. The molecule has 0 fully saturated rings. The maximum absolute atomic E-state index is 8.90. The van der Waals surface area contributed by atoms with Crippen molar-refractivity contribution in [3.05, 3.63) is 96.1 Å². The Balaban J connectivity index is 1.64. The second kappa shape index (κ2) is 10.8. The first kappa shape index (κ1) is 21.1. The van der Waals surface area contributed by atoms with Gasteiger partial charge in [-0.25, -0.2) is 5.84 Å². The average molecular weight is 402 g/mol. The van der Waals surface area contributed by atoms with E-state index in [1.807, 2.05) is 48.5 Å². The van der Waals surface area contributed by atoms with Crippen LogP contribution in [-0.4, -0.2) is 16.7 Å². The number of nitrogens with one attached hydrogen (secondary N) is 1. The highest BCUT2D eigenvalue weighted by Gasteiger charge is 2.02. The first-order valence-corrected chi connectivity index (χ1v) is 9.80. The van der Waals surface area contributed by atoms with Crippen LogP contribution in [-0.2, 0) is 0 Å². The fourth-order valence-electron chi connectivity index (χ4n) is 2.86. The highest BCUT2D eigenvalue weighted by Crippen LogP contribution is 2.22. The zero-order valence-electron chi connectivity index (χ0n) is 16.8. The lowest BCUT2D eigenvalue weighted by molar-refractivity contribution is 0.288. The quantitative estimate of drug-likeness (QED) is 0.316. The Hall–Kier alpha value is -3.61. The van der Waals surface area contributed by atoms with Crippen molar-refractivity contribution in [3.63, 3.8) is 0 Å². The molecule has 6 nitrogen and oxygen atoms in total. The van der Waals surface area contributed by atoms with E-state index in [2.05, 4.69) is 34.6 Å². The van der Waals surface area contributed by atoms with Gasteiger partial charge >= 0.3 is 0 Å². The molecule has 6 heteroatoms. The third kappa shape index (κ3) is 6.48. The average Bonchev–Trinajstić information content (AvgIpc) is 2.78. The molecule has 0 aliphatic carbocycles. The van der Waals surface area contributed by atoms with E-state index in [1.54, 1.807) is 18.6 Å². The molecule has 0 bridgehead atoms. The van der Waals surface area contributed by atoms with E-state index in [1.165, 1.54) is 5.01 Å². The molecule has 2 aromatic carbocycles. The molecule has 0 aliphatic heterocycles. The van der Waals surface area contributed by atoms with Crippen LogP contribution in [0, 0.1) is 0 Å². The Kier molecular flexibility index (Phi) is 7.60. The van der Waals surface area contributed by atoms with Gasteiger partial charge in [0.1, 0.15) is 0 Å². The summed E-state index contributed by atoms with van der Waals surface area (Å²) in [4.78, 5) is 4.02. The van der Waals surface area contributed by atoms with Crippen molar-refractivity contribution in [1.29, 1.82) is 0 Å². The Bertz CT molecular complexity index is 984. The van der Waals surface area contributed by atoms with E-state index >= 15 is 0 Å². The SMILES string of the molecule is N/C(=C\N(N)c1cccc(Nc2ccc(/C=C/c3ccncc3)cc2)c1)CCCO. The number of anilines is 3. The van der Waals surface area contributed by atoms with Crippen molar-refractivity contribution >= 4 is 29.2 Å². The van der Waals surface area contributed by atoms with Gasteiger partial charge in [0.2, 0.25) is 0 Å². The highest BCUT2D eigenvalue weighted by atomic mass is 16.2. The number of aliphatic hydroxyl groups is 1. The highest BCUT2D eigenvalue weighted by molar-refractivity contribution is 5.71. The Morgan fingerprint density at radius 1 is 0.967 bits per heavy atom. The third-order valence-electron chi connectivity index (χ3n) is 4.45. The molecule has 0 atom stereocenters. The summed E-state index contributed by atoms with van der Waals surface area (Å²) in [5.41, 5.74) is 11.5. The Labute approximate surface area is 177 Å². The Morgan fingerprint density at radius 3 is 2.37 bits per heavy atom. The summed E-state index contributed by atoms with van der Waals surface area (Å²) >= 11 is 0. The van der Waals surface area contributed by atoms with Crippen LogP contribution in [0.15, 0.2) is 85.0 Å². The second-order valence-electron chi connectivity index (χ2n) is 6.85. The molecule has 154 valence electrons. The largest absolute Gasteiger partial charge is 0.401 e. The number of nitrogens with two attached hydrogens (primary N) is 2. The van der Waals surface area contributed by atoms with Gasteiger partial charge in [0.25, 0.3) is 0 Å². The van der Waals surface area contributed by atoms with Crippen LogP contribution >= 0.6 is 0 Å². The maximum Gasteiger partial charge on any atom is 0.0589 e. The van der Waals surface area contributed by atoms with Gasteiger partial charge in [-0.15, -0.1) is 0 Å². The van der Waals surface area contributed by atoms with E-state index in [0.29, 0.717) is 18.5 Å². The van der Waals surface area contributed by atoms with Gasteiger partial charge < -0.3 is 16.2 Å². The number of hydrogen-bond acceptors (Lipinski definition) is 6. The van der Waals surface area contributed by atoms with Crippen LogP contribution in [0.5, 0.6) is 0 Å². The first-order valence-electron chi connectivity index (χ1n) is 9.80. The van der Waals surface area contributed by atoms with E-state index in [9.17, 15) is 0 Å². The molecule has 1 heterocycles. The molecule has 30 heavy (non-hydrogen) atoms. The van der Waals surface area contributed by atoms with E-state index < -0.39 is 0 Å². The summed E-state index contributed by atoms with van der Waals surface area (Å²) in [6, 6.07) is 19.9. The molecule has 0 spiro atoms. The van der Waals surface area contributed by atoms with Crippen molar-refractivity contribution in [2.24, 2.45) is 11.6 Å². The summed E-state index contributed by atoms with van der Waals surface area (Å²) in [5.74, 6) is 6.11. The summed E-state index contributed by atoms with van der Waals surface area (Å²) in [7, 11) is 0. The predicted molar refractivity (Wildman–Crippen MR) is 125 cm³/mol. The number of pyridine rings is 1. The van der Waals surface area contributed by atoms with E-state index in [0.717, 1.165) is 28.2 Å². The standard InChI is InChI=1S/C24H27N5O/c25-21(3-2-16-30)18-29(26)24-5-1-4-23(17-24)28-22-10-8-19(9-11-22)6-7-20-12-14-27-15-13-20/h1,4-15,17-18,28,30H,2-3,16,25-26H2/b7-6+,21-18-. The molecule has 1 aromatic heterocycles. The summed E-state index contributed by atoms with van der Waals surface area (Å²) in [6.45, 7) is 0.108. The van der Waals surface area contributed by atoms with Crippen molar-refractivity contribution in [2.45, 2.75) is 12.8 Å². The molecule has 3 aromatic rings. The smallest absolute Gasteiger partial charge is 0.0589 e. The van der Waals surface area contributed by atoms with Crippen LogP contribution < -0.4 is 21.9 Å². The van der Waals surface area contributed by atoms with Crippen LogP contribution in [0.4, 0.5) is 17.1 Å². The number of aromatic nitrogens is 1. The topological polar surface area (TPSA) is 100 Å². The lowest BCUT2D eigenvalue weighted by Crippen LogP contribution is -2.26. The normalized spacial score (nSPS) is 11.6. The molecular formula is C24H27N5O. The maximum atomic E-state index is 8.90. The number of hydrogen-bond donors (Lipinski definition) is 4. The van der Waals surface area contributed by atoms with E-state index in [-0.39, 0.29) is 6.61 Å². The molecular weight excluding hydrogens is 374 g/mol. The molecule has 0 aliphatic rings. The number of aliphatic hydroxyl groups excluding tert-OH is 1. The number of allylic oxidation sites excluding steroid dienone is 1.